The first-order chi connectivity index (χ1) is 27.6. The van der Waals surface area contributed by atoms with Crippen molar-refractivity contribution in [2.24, 2.45) is 20.5 Å². The summed E-state index contributed by atoms with van der Waals surface area (Å²) in [5.74, 6) is -0.364. The Balaban J connectivity index is 1.92. The molecule has 3 aromatic rings. The molecule has 0 fully saturated rings. The predicted molar refractivity (Wildman–Crippen MR) is 222 cm³/mol. The van der Waals surface area contributed by atoms with Gasteiger partial charge in [0, 0.05) is 56.9 Å². The molecule has 0 saturated carbocycles. The number of hydrogen-bond donors (Lipinski definition) is 0. The number of carbonyl (C=O) groups is 2. The molecule has 3 aromatic carbocycles. The van der Waals surface area contributed by atoms with Gasteiger partial charge in [0.2, 0.25) is 0 Å². The third-order valence-electron chi connectivity index (χ3n) is 9.04. The molecule has 0 aromatic heterocycles. The zero-order valence-corrected chi connectivity index (χ0v) is 34.4. The van der Waals surface area contributed by atoms with Crippen LogP contribution in [-0.4, -0.2) is 56.4 Å². The molecule has 0 aliphatic carbocycles. The maximum Gasteiger partial charge on any atom is 0.302 e. The summed E-state index contributed by atoms with van der Waals surface area (Å²) in [4.78, 5) is 35.9. The summed E-state index contributed by atoms with van der Waals surface area (Å²) in [5, 5.41) is 28.9. The normalized spacial score (nSPS) is 11.2. The first-order valence-electron chi connectivity index (χ1n) is 20.2. The van der Waals surface area contributed by atoms with Crippen molar-refractivity contribution in [3.8, 4) is 11.5 Å². The summed E-state index contributed by atoms with van der Waals surface area (Å²) >= 11 is 0. The molecular weight excluding hydrogens is 729 g/mol. The van der Waals surface area contributed by atoms with Crippen LogP contribution < -0.4 is 14.4 Å². The maximum absolute atomic E-state index is 11.4. The molecule has 14 heteroatoms. The fourth-order valence-electron chi connectivity index (χ4n) is 5.94. The number of azo groups is 2. The lowest BCUT2D eigenvalue weighted by molar-refractivity contribution is -0.384. The van der Waals surface area contributed by atoms with Crippen molar-refractivity contribution in [3.05, 3.63) is 70.3 Å². The van der Waals surface area contributed by atoms with Crippen LogP contribution in [0.1, 0.15) is 110 Å². The second-order valence-corrected chi connectivity index (χ2v) is 13.8. The van der Waals surface area contributed by atoms with E-state index in [9.17, 15) is 19.7 Å². The van der Waals surface area contributed by atoms with Gasteiger partial charge < -0.3 is 23.8 Å². The van der Waals surface area contributed by atoms with E-state index in [4.69, 9.17) is 18.9 Å². The number of rotatable bonds is 28. The molecule has 0 N–H and O–H groups in total. The number of hydrogen-bond acceptors (Lipinski definition) is 13. The van der Waals surface area contributed by atoms with Crippen LogP contribution in [-0.2, 0) is 19.1 Å². The molecule has 0 bridgehead atoms. The lowest BCUT2D eigenvalue weighted by atomic mass is 10.1. The fraction of sp³-hybridized carbons (Fsp3) is 0.535. The summed E-state index contributed by atoms with van der Waals surface area (Å²) in [6, 6.07) is 15.0. The van der Waals surface area contributed by atoms with E-state index in [0.29, 0.717) is 17.1 Å². The van der Waals surface area contributed by atoms with Crippen molar-refractivity contribution < 1.29 is 33.5 Å². The van der Waals surface area contributed by atoms with E-state index in [1.807, 2.05) is 13.0 Å². The second kappa shape index (κ2) is 26.5. The van der Waals surface area contributed by atoms with Crippen molar-refractivity contribution >= 4 is 46.1 Å². The molecule has 0 aliphatic rings. The minimum absolute atomic E-state index is 0.000743. The van der Waals surface area contributed by atoms with Crippen LogP contribution in [0.5, 0.6) is 11.5 Å². The smallest absolute Gasteiger partial charge is 0.302 e. The number of benzene rings is 3. The van der Waals surface area contributed by atoms with Gasteiger partial charge in [-0.2, -0.15) is 10.2 Å². The monoisotopic (exact) mass is 788 g/mol. The summed E-state index contributed by atoms with van der Waals surface area (Å²) in [5.41, 5.74) is 3.67. The third kappa shape index (κ3) is 17.9. The van der Waals surface area contributed by atoms with Crippen LogP contribution in [0.3, 0.4) is 0 Å². The van der Waals surface area contributed by atoms with Gasteiger partial charge in [-0.15, -0.1) is 10.2 Å². The van der Waals surface area contributed by atoms with E-state index in [2.05, 4.69) is 51.3 Å². The number of nitrogens with zero attached hydrogens (tertiary/aromatic N) is 6. The molecule has 0 spiro atoms. The first kappa shape index (κ1) is 46.0. The Morgan fingerprint density at radius 3 is 1.56 bits per heavy atom. The minimum atomic E-state index is -0.498. The van der Waals surface area contributed by atoms with E-state index in [1.54, 1.807) is 12.1 Å². The number of aryl methyl sites for hydroxylation is 1. The van der Waals surface area contributed by atoms with Gasteiger partial charge in [0.25, 0.3) is 5.69 Å². The quantitative estimate of drug-likeness (QED) is 0.0229. The Hall–Kier alpha value is -5.40. The van der Waals surface area contributed by atoms with Gasteiger partial charge in [-0.1, -0.05) is 78.1 Å². The fourth-order valence-corrected chi connectivity index (χ4v) is 5.94. The Morgan fingerprint density at radius 1 is 0.614 bits per heavy atom. The van der Waals surface area contributed by atoms with E-state index in [0.717, 1.165) is 31.5 Å². The Labute approximate surface area is 337 Å². The molecule has 0 amide bonds. The average molecular weight is 789 g/mol. The van der Waals surface area contributed by atoms with E-state index in [1.165, 1.54) is 108 Å². The minimum Gasteiger partial charge on any atom is -0.488 e. The Bertz CT molecular complexity index is 1730. The third-order valence-corrected chi connectivity index (χ3v) is 9.04. The van der Waals surface area contributed by atoms with E-state index in [-0.39, 0.29) is 49.3 Å². The molecule has 57 heavy (non-hydrogen) atoms. The molecule has 14 nitrogen and oxygen atoms in total. The van der Waals surface area contributed by atoms with Crippen LogP contribution in [0.15, 0.2) is 75.1 Å². The first-order valence-corrected chi connectivity index (χ1v) is 20.2. The molecule has 0 radical (unpaired) electrons. The number of anilines is 1. The molecule has 0 heterocycles. The summed E-state index contributed by atoms with van der Waals surface area (Å²) in [6.07, 6.45) is 15.0. The van der Waals surface area contributed by atoms with Crippen LogP contribution in [0, 0.1) is 17.0 Å². The van der Waals surface area contributed by atoms with Gasteiger partial charge in [-0.3, -0.25) is 19.7 Å². The summed E-state index contributed by atoms with van der Waals surface area (Å²) in [7, 11) is 0. The highest BCUT2D eigenvalue weighted by Crippen LogP contribution is 2.42. The molecule has 0 atom stereocenters. The Morgan fingerprint density at radius 2 is 1.09 bits per heavy atom. The van der Waals surface area contributed by atoms with Gasteiger partial charge in [0.05, 0.1) is 16.3 Å². The number of unbranched alkanes of at least 4 members (excludes halogenated alkanes) is 10. The van der Waals surface area contributed by atoms with Gasteiger partial charge in [-0.05, 0) is 55.7 Å². The predicted octanol–water partition coefficient (Wildman–Crippen LogP) is 12.1. The highest BCUT2D eigenvalue weighted by atomic mass is 16.6. The van der Waals surface area contributed by atoms with Crippen molar-refractivity contribution in [1.82, 2.24) is 0 Å². The zero-order chi connectivity index (χ0) is 41.3. The van der Waals surface area contributed by atoms with Gasteiger partial charge in [0.15, 0.2) is 0 Å². The largest absolute Gasteiger partial charge is 0.488 e. The molecule has 3 rings (SSSR count). The van der Waals surface area contributed by atoms with E-state index >= 15 is 0 Å². The highest BCUT2D eigenvalue weighted by molar-refractivity contribution is 5.68. The topological polar surface area (TPSA) is 167 Å². The standard InChI is InChI=1S/C43H60N6O8/c1-6-8-10-12-14-16-24-48(25-17-15-13-11-9-7-2)38-22-23-39(33(3)30-38)45-47-41-32-42(56-28-26-54-34(4)50)40(31-43(41)57-29-27-55-35(5)51)46-44-36-18-20-37(21-19-36)49(52)53/h18-23,30-32H,6-17,24-29H2,1-5H3. The Kier molecular flexibility index (Phi) is 21.3. The van der Waals surface area contributed by atoms with Gasteiger partial charge >= 0.3 is 11.9 Å². The van der Waals surface area contributed by atoms with Gasteiger partial charge in [-0.25, -0.2) is 0 Å². The molecule has 0 unspecified atom stereocenters. The van der Waals surface area contributed by atoms with Crippen LogP contribution in [0.4, 0.5) is 34.1 Å². The molecule has 310 valence electrons. The lowest BCUT2D eigenvalue weighted by Gasteiger charge is -2.26. The van der Waals surface area contributed by atoms with Crippen molar-refractivity contribution in [2.45, 2.75) is 112 Å². The number of nitro groups is 1. The average Bonchev–Trinajstić information content (AvgIpc) is 3.19. The van der Waals surface area contributed by atoms with E-state index < -0.39 is 16.9 Å². The van der Waals surface area contributed by atoms with Crippen molar-refractivity contribution in [2.75, 3.05) is 44.4 Å². The van der Waals surface area contributed by atoms with Crippen LogP contribution in [0.2, 0.25) is 0 Å². The SMILES string of the molecule is CCCCCCCCN(CCCCCCCC)c1ccc(N=Nc2cc(OCCOC(C)=O)c(N=Nc3ccc([N+](=O)[O-])cc3)cc2OCCOC(C)=O)c(C)c1. The number of non-ortho nitro benzene ring substituents is 1. The van der Waals surface area contributed by atoms with Crippen LogP contribution >= 0.6 is 0 Å². The van der Waals surface area contributed by atoms with Gasteiger partial charge in [0.1, 0.15) is 49.3 Å². The van der Waals surface area contributed by atoms with Crippen molar-refractivity contribution in [3.63, 3.8) is 0 Å². The molecule has 0 saturated heterocycles. The zero-order valence-electron chi connectivity index (χ0n) is 34.4. The number of nitro benzene ring substituents is 1. The number of esters is 2. The maximum atomic E-state index is 11.4. The number of carbonyl (C=O) groups excluding carboxylic acids is 2. The second-order valence-electron chi connectivity index (χ2n) is 13.8. The van der Waals surface area contributed by atoms with Crippen LogP contribution in [0.25, 0.3) is 0 Å². The lowest BCUT2D eigenvalue weighted by Crippen LogP contribution is -2.25. The number of ether oxygens (including phenoxy) is 4. The summed E-state index contributed by atoms with van der Waals surface area (Å²) < 4.78 is 22.1. The highest BCUT2D eigenvalue weighted by Gasteiger charge is 2.15. The van der Waals surface area contributed by atoms with Crippen molar-refractivity contribution in [1.29, 1.82) is 0 Å². The molecule has 0 aliphatic heterocycles. The molecular formula is C43H60N6O8. The summed E-state index contributed by atoms with van der Waals surface area (Å²) in [6.45, 7) is 11.2.